The first-order chi connectivity index (χ1) is 12.7. The summed E-state index contributed by atoms with van der Waals surface area (Å²) >= 11 is 7.14. The lowest BCUT2D eigenvalue weighted by molar-refractivity contribution is -0.141. The Kier molecular flexibility index (Phi) is 4.05. The van der Waals surface area contributed by atoms with Gasteiger partial charge in [-0.05, 0) is 13.3 Å². The third-order valence-corrected chi connectivity index (χ3v) is 5.70. The van der Waals surface area contributed by atoms with Crippen LogP contribution in [-0.4, -0.2) is 19.2 Å². The predicted molar refractivity (Wildman–Crippen MR) is 91.9 cm³/mol. The number of nitriles is 1. The summed E-state index contributed by atoms with van der Waals surface area (Å²) in [4.78, 5) is 18.3. The van der Waals surface area contributed by atoms with Gasteiger partial charge in [0.15, 0.2) is 10.7 Å². The monoisotopic (exact) mass is 413 g/mol. The van der Waals surface area contributed by atoms with Crippen LogP contribution in [0.15, 0.2) is 16.9 Å². The van der Waals surface area contributed by atoms with Crippen molar-refractivity contribution in [3.63, 3.8) is 0 Å². The first-order valence-corrected chi connectivity index (χ1v) is 9.10. The maximum absolute atomic E-state index is 12.8. The summed E-state index contributed by atoms with van der Waals surface area (Å²) in [7, 11) is 0. The highest BCUT2D eigenvalue weighted by Gasteiger charge is 2.42. The van der Waals surface area contributed by atoms with Gasteiger partial charge in [-0.1, -0.05) is 11.6 Å². The van der Waals surface area contributed by atoms with Crippen LogP contribution in [0.4, 0.5) is 13.2 Å². The molecule has 6 nitrogen and oxygen atoms in total. The van der Waals surface area contributed by atoms with Crippen molar-refractivity contribution in [2.75, 3.05) is 0 Å². The van der Waals surface area contributed by atoms with Crippen LogP contribution < -0.4 is 5.56 Å². The van der Waals surface area contributed by atoms with E-state index in [0.717, 1.165) is 21.3 Å². The van der Waals surface area contributed by atoms with E-state index in [1.807, 2.05) is 6.92 Å². The molecule has 0 N–H and O–H groups in total. The minimum absolute atomic E-state index is 0.0176. The molecule has 0 radical (unpaired) electrons. The molecule has 0 spiro atoms. The first kappa shape index (κ1) is 18.0. The highest BCUT2D eigenvalue weighted by Crippen LogP contribution is 2.49. The Morgan fingerprint density at radius 3 is 2.78 bits per heavy atom. The second-order valence-corrected chi connectivity index (χ2v) is 7.90. The van der Waals surface area contributed by atoms with Crippen molar-refractivity contribution in [3.05, 3.63) is 49.6 Å². The van der Waals surface area contributed by atoms with Gasteiger partial charge >= 0.3 is 6.18 Å². The summed E-state index contributed by atoms with van der Waals surface area (Å²) in [6, 6.07) is 4.20. The minimum Gasteiger partial charge on any atom is -0.269 e. The molecule has 2 unspecified atom stereocenters. The normalized spacial score (nSPS) is 19.4. The van der Waals surface area contributed by atoms with E-state index in [9.17, 15) is 18.0 Å². The quantitative estimate of drug-likeness (QED) is 0.657. The molecule has 0 bridgehead atoms. The number of halogens is 4. The largest absolute Gasteiger partial charge is 0.435 e. The molecule has 2 atom stereocenters. The fourth-order valence-electron chi connectivity index (χ4n) is 3.09. The van der Waals surface area contributed by atoms with E-state index in [4.69, 9.17) is 16.9 Å². The third kappa shape index (κ3) is 3.11. The second kappa shape index (κ2) is 6.07. The number of hydrogen-bond acceptors (Lipinski definition) is 5. The molecule has 3 heterocycles. The molecule has 4 rings (SSSR count). The highest BCUT2D eigenvalue weighted by atomic mass is 35.5. The number of aryl methyl sites for hydroxylation is 1. The van der Waals surface area contributed by atoms with Crippen molar-refractivity contribution in [2.24, 2.45) is 5.92 Å². The zero-order valence-electron chi connectivity index (χ0n) is 13.8. The van der Waals surface area contributed by atoms with Crippen LogP contribution in [0.3, 0.4) is 0 Å². The topological polar surface area (TPSA) is 76.0 Å². The van der Waals surface area contributed by atoms with Crippen molar-refractivity contribution < 1.29 is 13.2 Å². The molecule has 0 amide bonds. The standard InChI is InChI=1S/C16H11ClF3N5OS/c1-7-14(10-2-8(10)5-21)25-13(26)3-9(22-15(25)27-7)6-24-12(17)4-11(23-24)16(18,19)20/h3-4,8,10H,2,6H2,1H3. The van der Waals surface area contributed by atoms with Gasteiger partial charge in [0.2, 0.25) is 0 Å². The van der Waals surface area contributed by atoms with Crippen LogP contribution in [0.25, 0.3) is 4.96 Å². The molecule has 3 aromatic heterocycles. The Morgan fingerprint density at radius 1 is 1.44 bits per heavy atom. The molecule has 0 aliphatic heterocycles. The molecule has 1 saturated carbocycles. The predicted octanol–water partition coefficient (Wildman–Crippen LogP) is 3.61. The van der Waals surface area contributed by atoms with Crippen LogP contribution in [-0.2, 0) is 12.7 Å². The molecule has 0 saturated heterocycles. The van der Waals surface area contributed by atoms with E-state index < -0.39 is 11.9 Å². The maximum atomic E-state index is 12.8. The van der Waals surface area contributed by atoms with Crippen LogP contribution >= 0.6 is 22.9 Å². The smallest absolute Gasteiger partial charge is 0.269 e. The zero-order chi connectivity index (χ0) is 19.5. The van der Waals surface area contributed by atoms with Crippen LogP contribution in [0, 0.1) is 24.2 Å². The molecule has 140 valence electrons. The van der Waals surface area contributed by atoms with Gasteiger partial charge in [0, 0.05) is 28.6 Å². The number of nitrogens with zero attached hydrogens (tertiary/aromatic N) is 5. The van der Waals surface area contributed by atoms with Crippen molar-refractivity contribution >= 4 is 27.9 Å². The molecule has 1 aliphatic rings. The van der Waals surface area contributed by atoms with E-state index in [-0.39, 0.29) is 34.8 Å². The summed E-state index contributed by atoms with van der Waals surface area (Å²) in [5, 5.41) is 12.3. The molecule has 11 heteroatoms. The van der Waals surface area contributed by atoms with Crippen molar-refractivity contribution in [2.45, 2.75) is 32.0 Å². The average Bonchev–Trinajstić information content (AvgIpc) is 3.13. The van der Waals surface area contributed by atoms with Gasteiger partial charge in [0.05, 0.1) is 24.2 Å². The summed E-state index contributed by atoms with van der Waals surface area (Å²) in [6.07, 6.45) is -3.90. The summed E-state index contributed by atoms with van der Waals surface area (Å²) in [6.45, 7) is 1.71. The molecule has 3 aromatic rings. The first-order valence-electron chi connectivity index (χ1n) is 7.91. The average molecular weight is 414 g/mol. The van der Waals surface area contributed by atoms with Gasteiger partial charge < -0.3 is 0 Å². The maximum Gasteiger partial charge on any atom is 0.435 e. The zero-order valence-corrected chi connectivity index (χ0v) is 15.4. The van der Waals surface area contributed by atoms with Gasteiger partial charge in [-0.2, -0.15) is 23.5 Å². The Labute approximate surface area is 159 Å². The Morgan fingerprint density at radius 2 is 2.19 bits per heavy atom. The fourth-order valence-corrected chi connectivity index (χ4v) is 4.35. The Hall–Kier alpha value is -2.38. The fraction of sp³-hybridized carbons (Fsp3) is 0.375. The van der Waals surface area contributed by atoms with Gasteiger partial charge in [-0.25, -0.2) is 9.67 Å². The van der Waals surface area contributed by atoms with Crippen molar-refractivity contribution in [1.29, 1.82) is 5.26 Å². The molecular weight excluding hydrogens is 403 g/mol. The molecular formula is C16H11ClF3N5OS. The minimum atomic E-state index is -4.60. The Bertz CT molecular complexity index is 1160. The summed E-state index contributed by atoms with van der Waals surface area (Å²) in [5.41, 5.74) is -0.380. The van der Waals surface area contributed by atoms with Crippen molar-refractivity contribution in [1.82, 2.24) is 19.2 Å². The van der Waals surface area contributed by atoms with E-state index in [2.05, 4.69) is 16.2 Å². The van der Waals surface area contributed by atoms with Gasteiger partial charge in [0.25, 0.3) is 5.56 Å². The lowest BCUT2D eigenvalue weighted by Crippen LogP contribution is -2.18. The van der Waals surface area contributed by atoms with Gasteiger partial charge in [-0.3, -0.25) is 9.20 Å². The molecule has 0 aromatic carbocycles. The summed E-state index contributed by atoms with van der Waals surface area (Å²) < 4.78 is 40.7. The SMILES string of the molecule is Cc1sc2nc(Cn3nc(C(F)(F)F)cc3Cl)cc(=O)n2c1C1CC1C#N. The molecule has 1 aliphatic carbocycles. The number of hydrogen-bond donors (Lipinski definition) is 0. The highest BCUT2D eigenvalue weighted by molar-refractivity contribution is 7.17. The van der Waals surface area contributed by atoms with E-state index in [1.54, 1.807) is 0 Å². The van der Waals surface area contributed by atoms with E-state index in [1.165, 1.54) is 21.8 Å². The van der Waals surface area contributed by atoms with Crippen molar-refractivity contribution in [3.8, 4) is 6.07 Å². The van der Waals surface area contributed by atoms with Gasteiger partial charge in [-0.15, -0.1) is 11.3 Å². The Balaban J connectivity index is 1.72. The van der Waals surface area contributed by atoms with E-state index in [0.29, 0.717) is 11.4 Å². The summed E-state index contributed by atoms with van der Waals surface area (Å²) in [5.74, 6) is -0.0826. The van der Waals surface area contributed by atoms with Gasteiger partial charge in [0.1, 0.15) is 5.15 Å². The lowest BCUT2D eigenvalue weighted by Gasteiger charge is -2.05. The number of fused-ring (bicyclic) bond motifs is 1. The van der Waals surface area contributed by atoms with Crippen LogP contribution in [0.5, 0.6) is 0 Å². The molecule has 1 fully saturated rings. The number of thiazole rings is 1. The third-order valence-electron chi connectivity index (χ3n) is 4.43. The van der Waals surface area contributed by atoms with Crippen LogP contribution in [0.2, 0.25) is 5.15 Å². The number of aromatic nitrogens is 4. The molecule has 27 heavy (non-hydrogen) atoms. The second-order valence-electron chi connectivity index (χ2n) is 6.33. The lowest BCUT2D eigenvalue weighted by atomic mass is 10.2. The number of alkyl halides is 3. The van der Waals surface area contributed by atoms with Crippen LogP contribution in [0.1, 0.15) is 34.3 Å². The van der Waals surface area contributed by atoms with E-state index >= 15 is 0 Å². The number of rotatable bonds is 3.